The molecule has 0 aliphatic carbocycles. The second kappa shape index (κ2) is 8.23. The van der Waals surface area contributed by atoms with Crippen LogP contribution in [0.2, 0.25) is 5.02 Å². The Labute approximate surface area is 161 Å². The number of carboxylic acids is 1. The van der Waals surface area contributed by atoms with E-state index in [2.05, 4.69) is 20.4 Å². The summed E-state index contributed by atoms with van der Waals surface area (Å²) in [7, 11) is 0. The van der Waals surface area contributed by atoms with Crippen LogP contribution in [0.3, 0.4) is 0 Å². The molecule has 0 saturated heterocycles. The highest BCUT2D eigenvalue weighted by atomic mass is 35.5. The molecular weight excluding hydrogens is 398 g/mol. The first kappa shape index (κ1) is 19.6. The SMILES string of the molecule is NC(CC(=O)O)Cn1nnc(-c2ccc(Oc3ncc(Cl)cc3F)c(F)c2)n1. The Kier molecular flexibility index (Phi) is 5.76. The predicted octanol–water partition coefficient (Wildman–Crippen LogP) is 2.26. The van der Waals surface area contributed by atoms with Gasteiger partial charge in [0.15, 0.2) is 17.4 Å². The van der Waals surface area contributed by atoms with E-state index < -0.39 is 29.5 Å². The van der Waals surface area contributed by atoms with E-state index in [1.54, 1.807) is 0 Å². The van der Waals surface area contributed by atoms with Crippen molar-refractivity contribution in [1.82, 2.24) is 25.2 Å². The third-order valence-corrected chi connectivity index (χ3v) is 3.66. The lowest BCUT2D eigenvalue weighted by Gasteiger charge is -2.07. The number of tetrazole rings is 1. The van der Waals surface area contributed by atoms with Gasteiger partial charge in [-0.2, -0.15) is 4.80 Å². The van der Waals surface area contributed by atoms with Gasteiger partial charge in [0.25, 0.3) is 5.88 Å². The molecule has 0 saturated carbocycles. The maximum absolute atomic E-state index is 14.3. The summed E-state index contributed by atoms with van der Waals surface area (Å²) >= 11 is 5.61. The Morgan fingerprint density at radius 3 is 2.79 bits per heavy atom. The molecule has 0 spiro atoms. The average Bonchev–Trinajstić information content (AvgIpc) is 3.06. The Bertz CT molecular complexity index is 1020. The predicted molar refractivity (Wildman–Crippen MR) is 92.7 cm³/mol. The molecule has 2 aromatic heterocycles. The van der Waals surface area contributed by atoms with Crippen LogP contribution in [0.4, 0.5) is 8.78 Å². The van der Waals surface area contributed by atoms with E-state index in [1.165, 1.54) is 18.3 Å². The first-order valence-corrected chi connectivity index (χ1v) is 8.23. The maximum atomic E-state index is 14.3. The van der Waals surface area contributed by atoms with Gasteiger partial charge < -0.3 is 15.6 Å². The van der Waals surface area contributed by atoms with Crippen LogP contribution in [0.1, 0.15) is 6.42 Å². The molecule has 146 valence electrons. The molecule has 0 bridgehead atoms. The number of halogens is 3. The van der Waals surface area contributed by atoms with Crippen molar-refractivity contribution in [2.75, 3.05) is 0 Å². The molecule has 1 aromatic carbocycles. The summed E-state index contributed by atoms with van der Waals surface area (Å²) in [5.41, 5.74) is 5.95. The molecule has 1 unspecified atom stereocenters. The van der Waals surface area contributed by atoms with Crippen molar-refractivity contribution in [3.63, 3.8) is 0 Å². The van der Waals surface area contributed by atoms with Crippen molar-refractivity contribution in [3.05, 3.63) is 47.1 Å². The zero-order valence-electron chi connectivity index (χ0n) is 14.1. The summed E-state index contributed by atoms with van der Waals surface area (Å²) in [4.78, 5) is 15.4. The van der Waals surface area contributed by atoms with E-state index in [9.17, 15) is 13.6 Å². The van der Waals surface area contributed by atoms with Crippen LogP contribution in [0.25, 0.3) is 11.4 Å². The Morgan fingerprint density at radius 2 is 2.11 bits per heavy atom. The van der Waals surface area contributed by atoms with Crippen LogP contribution in [0.15, 0.2) is 30.5 Å². The summed E-state index contributed by atoms with van der Waals surface area (Å²) < 4.78 is 33.2. The fourth-order valence-electron chi connectivity index (χ4n) is 2.24. The first-order chi connectivity index (χ1) is 13.3. The average molecular weight is 411 g/mol. The van der Waals surface area contributed by atoms with Gasteiger partial charge in [0.05, 0.1) is 18.0 Å². The van der Waals surface area contributed by atoms with Gasteiger partial charge in [-0.25, -0.2) is 13.8 Å². The number of hydrogen-bond donors (Lipinski definition) is 2. The van der Waals surface area contributed by atoms with Crippen molar-refractivity contribution < 1.29 is 23.4 Å². The smallest absolute Gasteiger partial charge is 0.304 e. The third-order valence-electron chi connectivity index (χ3n) is 3.46. The van der Waals surface area contributed by atoms with Crippen LogP contribution in [-0.2, 0) is 11.3 Å². The normalized spacial score (nSPS) is 12.0. The van der Waals surface area contributed by atoms with Crippen LogP contribution >= 0.6 is 11.6 Å². The lowest BCUT2D eigenvalue weighted by molar-refractivity contribution is -0.137. The van der Waals surface area contributed by atoms with E-state index in [0.717, 1.165) is 16.9 Å². The molecule has 3 N–H and O–H groups in total. The van der Waals surface area contributed by atoms with Gasteiger partial charge in [0, 0.05) is 17.8 Å². The number of hydrogen-bond acceptors (Lipinski definition) is 7. The molecule has 0 amide bonds. The van der Waals surface area contributed by atoms with Gasteiger partial charge in [0.1, 0.15) is 0 Å². The standard InChI is InChI=1S/C16H13ClF2N6O3/c17-9-4-12(19)16(21-6-9)28-13-2-1-8(3-11(13)18)15-22-24-25(23-15)7-10(20)5-14(26)27/h1-4,6,10H,5,7,20H2,(H,26,27). The number of carboxylic acid groups (broad SMARTS) is 1. The monoisotopic (exact) mass is 410 g/mol. The summed E-state index contributed by atoms with van der Waals surface area (Å²) in [6.45, 7) is 0.0322. The second-order valence-corrected chi connectivity index (χ2v) is 6.15. The number of benzene rings is 1. The van der Waals surface area contributed by atoms with E-state index in [4.69, 9.17) is 27.2 Å². The first-order valence-electron chi connectivity index (χ1n) is 7.86. The molecule has 1 atom stereocenters. The molecule has 0 fully saturated rings. The van der Waals surface area contributed by atoms with Crippen LogP contribution in [-0.4, -0.2) is 42.3 Å². The minimum Gasteiger partial charge on any atom is -0.481 e. The molecule has 12 heteroatoms. The van der Waals surface area contributed by atoms with E-state index in [-0.39, 0.29) is 35.1 Å². The van der Waals surface area contributed by atoms with Crippen molar-refractivity contribution in [1.29, 1.82) is 0 Å². The van der Waals surface area contributed by atoms with Gasteiger partial charge in [0.2, 0.25) is 5.82 Å². The lowest BCUT2D eigenvalue weighted by atomic mass is 10.2. The number of aliphatic carboxylic acids is 1. The number of carbonyl (C=O) groups is 1. The quantitative estimate of drug-likeness (QED) is 0.606. The Hall–Kier alpha value is -3.18. The highest BCUT2D eigenvalue weighted by molar-refractivity contribution is 6.30. The number of aromatic nitrogens is 5. The maximum Gasteiger partial charge on any atom is 0.304 e. The topological polar surface area (TPSA) is 129 Å². The van der Waals surface area contributed by atoms with Gasteiger partial charge in [-0.3, -0.25) is 4.79 Å². The van der Waals surface area contributed by atoms with Crippen LogP contribution < -0.4 is 10.5 Å². The summed E-state index contributed by atoms with van der Waals surface area (Å²) in [6.07, 6.45) is 0.913. The Morgan fingerprint density at radius 1 is 1.32 bits per heavy atom. The molecule has 0 aliphatic heterocycles. The zero-order valence-corrected chi connectivity index (χ0v) is 14.8. The van der Waals surface area contributed by atoms with Gasteiger partial charge in [-0.05, 0) is 29.5 Å². The summed E-state index contributed by atoms with van der Waals surface area (Å²) in [5, 5.41) is 20.4. The highest BCUT2D eigenvalue weighted by Gasteiger charge is 2.15. The fraction of sp³-hybridized carbons (Fsp3) is 0.188. The van der Waals surface area contributed by atoms with Gasteiger partial charge in [-0.1, -0.05) is 11.6 Å². The van der Waals surface area contributed by atoms with E-state index in [1.807, 2.05) is 0 Å². The highest BCUT2D eigenvalue weighted by Crippen LogP contribution is 2.28. The van der Waals surface area contributed by atoms with Gasteiger partial charge >= 0.3 is 5.97 Å². The second-order valence-electron chi connectivity index (χ2n) is 5.71. The zero-order chi connectivity index (χ0) is 20.3. The van der Waals surface area contributed by atoms with E-state index in [0.29, 0.717) is 0 Å². The Balaban J connectivity index is 1.74. The summed E-state index contributed by atoms with van der Waals surface area (Å²) in [6, 6.07) is 4.09. The van der Waals surface area contributed by atoms with Crippen molar-refractivity contribution in [3.8, 4) is 23.0 Å². The molecular formula is C16H13ClF2N6O3. The van der Waals surface area contributed by atoms with Crippen molar-refractivity contribution in [2.45, 2.75) is 19.0 Å². The number of pyridine rings is 1. The minimum absolute atomic E-state index is 0.0322. The van der Waals surface area contributed by atoms with E-state index >= 15 is 0 Å². The third kappa shape index (κ3) is 4.75. The van der Waals surface area contributed by atoms with Crippen molar-refractivity contribution >= 4 is 17.6 Å². The number of nitrogens with two attached hydrogens (primary N) is 1. The van der Waals surface area contributed by atoms with Crippen molar-refractivity contribution in [2.24, 2.45) is 5.73 Å². The molecule has 28 heavy (non-hydrogen) atoms. The van der Waals surface area contributed by atoms with Crippen LogP contribution in [0, 0.1) is 11.6 Å². The molecule has 2 heterocycles. The number of nitrogens with zero attached hydrogens (tertiary/aromatic N) is 5. The van der Waals surface area contributed by atoms with Gasteiger partial charge in [-0.15, -0.1) is 10.2 Å². The molecule has 0 aliphatic rings. The number of ether oxygens (including phenoxy) is 1. The molecule has 9 nitrogen and oxygen atoms in total. The van der Waals surface area contributed by atoms with Crippen LogP contribution in [0.5, 0.6) is 11.6 Å². The summed E-state index contributed by atoms with van der Waals surface area (Å²) in [5.74, 6) is -3.26. The fourth-order valence-corrected chi connectivity index (χ4v) is 2.38. The molecule has 0 radical (unpaired) electrons. The molecule has 3 aromatic rings. The minimum atomic E-state index is -1.04. The largest absolute Gasteiger partial charge is 0.481 e. The lowest BCUT2D eigenvalue weighted by Crippen LogP contribution is -2.30. The molecule has 3 rings (SSSR count). The number of rotatable bonds is 7.